The molecule has 0 radical (unpaired) electrons. The summed E-state index contributed by atoms with van der Waals surface area (Å²) in [7, 11) is 0. The molecule has 3 aromatic carbocycles. The fraction of sp³-hybridized carbons (Fsp3) is 0.226. The van der Waals surface area contributed by atoms with Gasteiger partial charge in [-0.3, -0.25) is 20.2 Å². The maximum absolute atomic E-state index is 14.0. The Hall–Kier alpha value is -4.48. The number of pyridine rings is 1. The molecule has 2 amide bonds. The Balaban J connectivity index is 1.59. The third kappa shape index (κ3) is 7.80. The number of nitrogens with zero attached hydrogens (tertiary/aromatic N) is 2. The van der Waals surface area contributed by atoms with Crippen LogP contribution in [0.4, 0.5) is 0 Å². The van der Waals surface area contributed by atoms with Crippen molar-refractivity contribution < 1.29 is 19.5 Å². The van der Waals surface area contributed by atoms with Crippen molar-refractivity contribution in [2.24, 2.45) is 23.2 Å². The Morgan fingerprint density at radius 1 is 0.854 bits per heavy atom. The third-order valence-corrected chi connectivity index (χ3v) is 6.90. The van der Waals surface area contributed by atoms with Crippen molar-refractivity contribution in [2.45, 2.75) is 37.7 Å². The molecule has 0 bridgehead atoms. The average molecular weight is 555 g/mol. The van der Waals surface area contributed by atoms with E-state index in [1.54, 1.807) is 18.2 Å². The minimum Gasteiger partial charge on any atom is -0.389 e. The highest BCUT2D eigenvalue weighted by atomic mass is 16.3. The van der Waals surface area contributed by atoms with Crippen LogP contribution < -0.4 is 22.6 Å². The number of primary amides is 1. The van der Waals surface area contributed by atoms with Gasteiger partial charge in [0.15, 0.2) is 5.78 Å². The number of carbonyl (C=O) groups is 3. The minimum atomic E-state index is -1.44. The Bertz CT molecular complexity index is 1480. The standard InChI is InChI=1S/C31H34N6O4/c32-27(38)18-26(36-31(41)25-16-15-22-13-7-8-14-24(22)35-25)28(39)23(17-20-9-3-1-4-10-20)29(40)30(33)37(34)19-21-11-5-2-6-12-21/h1-16,23,26,29-30,40H,17-19,33-34H2,(H2,32,38)(H,36,41)/t23-,26+,29+,30?/m1/s1. The SMILES string of the molecule is NC(=O)C[C@H](NC(=O)c1ccc2ccccc2n1)C(=O)[C@@H](Cc1ccccc1)[C@H](O)C(N)N(N)Cc1ccccc1. The van der Waals surface area contributed by atoms with Crippen LogP contribution in [-0.2, 0) is 22.6 Å². The van der Waals surface area contributed by atoms with E-state index < -0.39 is 48.2 Å². The summed E-state index contributed by atoms with van der Waals surface area (Å²) >= 11 is 0. The Morgan fingerprint density at radius 2 is 1.46 bits per heavy atom. The van der Waals surface area contributed by atoms with Gasteiger partial charge >= 0.3 is 0 Å². The lowest BCUT2D eigenvalue weighted by Gasteiger charge is -2.34. The first-order valence-electron chi connectivity index (χ1n) is 13.2. The number of Topliss-reactive ketones (excluding diaryl/α,β-unsaturated/α-hetero) is 1. The lowest BCUT2D eigenvalue weighted by molar-refractivity contribution is -0.132. The highest BCUT2D eigenvalue weighted by Gasteiger charge is 2.38. The molecular weight excluding hydrogens is 520 g/mol. The molecule has 0 aliphatic rings. The summed E-state index contributed by atoms with van der Waals surface area (Å²) in [5, 5.41) is 16.1. The zero-order valence-corrected chi connectivity index (χ0v) is 22.5. The number of carbonyl (C=O) groups excluding carboxylic acids is 3. The van der Waals surface area contributed by atoms with Crippen LogP contribution in [0.1, 0.15) is 28.0 Å². The number of hydrogen-bond acceptors (Lipinski definition) is 8. The second-order valence-electron chi connectivity index (χ2n) is 9.92. The van der Waals surface area contributed by atoms with Gasteiger partial charge in [-0.2, -0.15) is 0 Å². The highest BCUT2D eigenvalue weighted by molar-refractivity contribution is 6.00. The molecule has 0 spiro atoms. The largest absolute Gasteiger partial charge is 0.389 e. The number of hydrogen-bond donors (Lipinski definition) is 5. The van der Waals surface area contributed by atoms with Crippen molar-refractivity contribution in [3.63, 3.8) is 0 Å². The first kappa shape index (κ1) is 29.5. The summed E-state index contributed by atoms with van der Waals surface area (Å²) in [6.45, 7) is 0.223. The number of rotatable bonds is 13. The third-order valence-electron chi connectivity index (χ3n) is 6.90. The van der Waals surface area contributed by atoms with E-state index in [9.17, 15) is 19.5 Å². The van der Waals surface area contributed by atoms with Crippen LogP contribution in [0.15, 0.2) is 97.1 Å². The van der Waals surface area contributed by atoms with Gasteiger partial charge in [0, 0.05) is 11.9 Å². The molecule has 0 aliphatic carbocycles. The Kier molecular flexibility index (Phi) is 9.88. The zero-order chi connectivity index (χ0) is 29.4. The van der Waals surface area contributed by atoms with Gasteiger partial charge in [-0.1, -0.05) is 84.9 Å². The lowest BCUT2D eigenvalue weighted by atomic mass is 9.84. The van der Waals surface area contributed by atoms with Gasteiger partial charge in [0.1, 0.15) is 5.69 Å². The fourth-order valence-corrected chi connectivity index (χ4v) is 4.70. The van der Waals surface area contributed by atoms with E-state index in [1.165, 1.54) is 11.1 Å². The fourth-order valence-electron chi connectivity index (χ4n) is 4.70. The molecule has 4 atom stereocenters. The van der Waals surface area contributed by atoms with E-state index in [2.05, 4.69) is 10.3 Å². The molecule has 10 nitrogen and oxygen atoms in total. The van der Waals surface area contributed by atoms with Crippen molar-refractivity contribution in [2.75, 3.05) is 0 Å². The van der Waals surface area contributed by atoms with Crippen molar-refractivity contribution in [1.29, 1.82) is 0 Å². The van der Waals surface area contributed by atoms with Crippen molar-refractivity contribution in [3.05, 3.63) is 114 Å². The number of hydrazine groups is 1. The maximum atomic E-state index is 14.0. The molecule has 212 valence electrons. The van der Waals surface area contributed by atoms with Gasteiger partial charge in [-0.15, -0.1) is 0 Å². The number of amides is 2. The van der Waals surface area contributed by atoms with Crippen LogP contribution in [0.2, 0.25) is 0 Å². The summed E-state index contributed by atoms with van der Waals surface area (Å²) in [5.41, 5.74) is 14.1. The molecule has 0 saturated carbocycles. The summed E-state index contributed by atoms with van der Waals surface area (Å²) < 4.78 is 0. The normalized spacial score (nSPS) is 14.2. The van der Waals surface area contributed by atoms with Gasteiger partial charge in [0.25, 0.3) is 5.91 Å². The molecule has 4 rings (SSSR count). The van der Waals surface area contributed by atoms with Crippen molar-refractivity contribution in [1.82, 2.24) is 15.3 Å². The van der Waals surface area contributed by atoms with Crippen LogP contribution >= 0.6 is 0 Å². The molecule has 4 aromatic rings. The molecule has 0 fully saturated rings. The van der Waals surface area contributed by atoms with Crippen LogP contribution in [0.25, 0.3) is 10.9 Å². The Labute approximate surface area is 238 Å². The first-order chi connectivity index (χ1) is 19.7. The monoisotopic (exact) mass is 554 g/mol. The molecule has 0 saturated heterocycles. The van der Waals surface area contributed by atoms with Crippen LogP contribution in [-0.4, -0.2) is 51.0 Å². The number of para-hydroxylation sites is 1. The molecule has 1 heterocycles. The molecule has 10 heteroatoms. The average Bonchev–Trinajstić information content (AvgIpc) is 2.99. The number of aromatic nitrogens is 1. The molecule has 1 unspecified atom stereocenters. The van der Waals surface area contributed by atoms with E-state index in [0.717, 1.165) is 16.5 Å². The van der Waals surface area contributed by atoms with E-state index >= 15 is 0 Å². The molecule has 8 N–H and O–H groups in total. The summed E-state index contributed by atoms with van der Waals surface area (Å²) in [6, 6.07) is 27.6. The second-order valence-corrected chi connectivity index (χ2v) is 9.92. The summed E-state index contributed by atoms with van der Waals surface area (Å²) in [5.74, 6) is 3.05. The van der Waals surface area contributed by atoms with Gasteiger partial charge in [0.05, 0.1) is 36.2 Å². The smallest absolute Gasteiger partial charge is 0.270 e. The molecule has 1 aromatic heterocycles. The van der Waals surface area contributed by atoms with E-state index in [-0.39, 0.29) is 18.7 Å². The van der Waals surface area contributed by atoms with Crippen molar-refractivity contribution in [3.8, 4) is 0 Å². The number of ketones is 1. The quantitative estimate of drug-likeness (QED) is 0.0941. The molecule has 0 aliphatic heterocycles. The number of benzene rings is 3. The summed E-state index contributed by atoms with van der Waals surface area (Å²) in [4.78, 5) is 43.5. The summed E-state index contributed by atoms with van der Waals surface area (Å²) in [6.07, 6.45) is -2.96. The second kappa shape index (κ2) is 13.7. The maximum Gasteiger partial charge on any atom is 0.270 e. The van der Waals surface area contributed by atoms with Gasteiger partial charge in [-0.05, 0) is 29.7 Å². The molecular formula is C31H34N6O4. The number of nitrogens with two attached hydrogens (primary N) is 3. The highest BCUT2D eigenvalue weighted by Crippen LogP contribution is 2.21. The van der Waals surface area contributed by atoms with Crippen molar-refractivity contribution >= 4 is 28.5 Å². The number of fused-ring (bicyclic) bond motifs is 1. The van der Waals surface area contributed by atoms with E-state index in [4.69, 9.17) is 17.3 Å². The zero-order valence-electron chi connectivity index (χ0n) is 22.5. The predicted molar refractivity (Wildman–Crippen MR) is 156 cm³/mol. The van der Waals surface area contributed by atoms with E-state index in [1.807, 2.05) is 72.8 Å². The lowest BCUT2D eigenvalue weighted by Crippen LogP contribution is -2.58. The van der Waals surface area contributed by atoms with Gasteiger partial charge in [0.2, 0.25) is 5.91 Å². The number of aliphatic hydroxyl groups excluding tert-OH is 1. The van der Waals surface area contributed by atoms with E-state index in [0.29, 0.717) is 5.52 Å². The molecule has 41 heavy (non-hydrogen) atoms. The number of aliphatic hydroxyl groups is 1. The topological polar surface area (TPSA) is 178 Å². The predicted octanol–water partition coefficient (Wildman–Crippen LogP) is 1.66. The van der Waals surface area contributed by atoms with Gasteiger partial charge < -0.3 is 21.9 Å². The minimum absolute atomic E-state index is 0.0684. The van der Waals surface area contributed by atoms with Crippen LogP contribution in [0.3, 0.4) is 0 Å². The Morgan fingerprint density at radius 3 is 2.12 bits per heavy atom. The van der Waals surface area contributed by atoms with Crippen LogP contribution in [0, 0.1) is 5.92 Å². The first-order valence-corrected chi connectivity index (χ1v) is 13.2. The van der Waals surface area contributed by atoms with Crippen LogP contribution in [0.5, 0.6) is 0 Å². The van der Waals surface area contributed by atoms with Gasteiger partial charge in [-0.25, -0.2) is 9.99 Å². The number of nitrogens with one attached hydrogen (secondary N) is 1.